The lowest BCUT2D eigenvalue weighted by atomic mass is 10.3. The summed E-state index contributed by atoms with van der Waals surface area (Å²) in [4.78, 5) is 3.95. The van der Waals surface area contributed by atoms with Crippen LogP contribution in [-0.4, -0.2) is 13.4 Å². The Hall–Kier alpha value is -3.00. The number of halogens is 2. The van der Waals surface area contributed by atoms with Crippen molar-refractivity contribution in [2.75, 3.05) is 10.0 Å². The number of pyridine rings is 1. The van der Waals surface area contributed by atoms with Gasteiger partial charge < -0.3 is 5.32 Å². The highest BCUT2D eigenvalue weighted by Gasteiger charge is 2.14. The quantitative estimate of drug-likeness (QED) is 0.723. The number of hydrogen-bond donors (Lipinski definition) is 2. The summed E-state index contributed by atoms with van der Waals surface area (Å²) in [5.41, 5.74) is 1.28. The SMILES string of the molecule is O=S(=O)(Nc1ccc(Nc2ccc(F)cc2)cn1)c1ccc(F)cc1. The van der Waals surface area contributed by atoms with Gasteiger partial charge in [0.1, 0.15) is 17.5 Å². The van der Waals surface area contributed by atoms with Crippen molar-refractivity contribution in [1.29, 1.82) is 0 Å². The van der Waals surface area contributed by atoms with Gasteiger partial charge in [-0.3, -0.25) is 4.72 Å². The summed E-state index contributed by atoms with van der Waals surface area (Å²) in [7, 11) is -3.85. The van der Waals surface area contributed by atoms with Gasteiger partial charge in [0.2, 0.25) is 0 Å². The molecule has 2 N–H and O–H groups in total. The van der Waals surface area contributed by atoms with Gasteiger partial charge in [0.05, 0.1) is 16.8 Å². The molecule has 3 rings (SSSR count). The molecule has 0 spiro atoms. The van der Waals surface area contributed by atoms with Crippen molar-refractivity contribution in [2.24, 2.45) is 0 Å². The molecule has 5 nitrogen and oxygen atoms in total. The Morgan fingerprint density at radius 2 is 1.32 bits per heavy atom. The first-order valence-electron chi connectivity index (χ1n) is 7.19. The van der Waals surface area contributed by atoms with Crippen molar-refractivity contribution in [1.82, 2.24) is 4.98 Å². The van der Waals surface area contributed by atoms with Gasteiger partial charge in [-0.15, -0.1) is 0 Å². The lowest BCUT2D eigenvalue weighted by molar-refractivity contribution is 0.599. The molecule has 128 valence electrons. The first-order valence-corrected chi connectivity index (χ1v) is 8.68. The number of benzene rings is 2. The molecule has 25 heavy (non-hydrogen) atoms. The molecule has 0 saturated heterocycles. The second kappa shape index (κ2) is 6.86. The van der Waals surface area contributed by atoms with Crippen molar-refractivity contribution >= 4 is 27.2 Å². The van der Waals surface area contributed by atoms with E-state index in [4.69, 9.17) is 0 Å². The summed E-state index contributed by atoms with van der Waals surface area (Å²) in [6, 6.07) is 13.4. The van der Waals surface area contributed by atoms with Gasteiger partial charge in [-0.25, -0.2) is 22.2 Å². The topological polar surface area (TPSA) is 71.1 Å². The van der Waals surface area contributed by atoms with E-state index in [0.29, 0.717) is 11.4 Å². The van der Waals surface area contributed by atoms with E-state index in [1.807, 2.05) is 0 Å². The molecule has 8 heteroatoms. The van der Waals surface area contributed by atoms with E-state index in [1.54, 1.807) is 18.2 Å². The fourth-order valence-electron chi connectivity index (χ4n) is 2.04. The minimum atomic E-state index is -3.85. The average Bonchev–Trinajstić information content (AvgIpc) is 2.59. The molecule has 0 amide bonds. The molecule has 0 aliphatic heterocycles. The smallest absolute Gasteiger partial charge is 0.263 e. The van der Waals surface area contributed by atoms with Crippen LogP contribution < -0.4 is 10.0 Å². The molecule has 0 atom stereocenters. The molecular weight excluding hydrogens is 348 g/mol. The number of nitrogens with one attached hydrogen (secondary N) is 2. The molecule has 3 aromatic rings. The molecule has 1 heterocycles. The molecular formula is C17H13F2N3O2S. The van der Waals surface area contributed by atoms with Gasteiger partial charge in [0.15, 0.2) is 0 Å². The van der Waals surface area contributed by atoms with Crippen LogP contribution in [0.3, 0.4) is 0 Å². The third-order valence-corrected chi connectivity index (χ3v) is 4.63. The predicted molar refractivity (Wildman–Crippen MR) is 91.1 cm³/mol. The second-order valence-corrected chi connectivity index (χ2v) is 6.81. The minimum Gasteiger partial charge on any atom is -0.354 e. The zero-order valence-electron chi connectivity index (χ0n) is 12.8. The molecule has 0 unspecified atom stereocenters. The number of sulfonamides is 1. The highest BCUT2D eigenvalue weighted by Crippen LogP contribution is 2.19. The van der Waals surface area contributed by atoms with Gasteiger partial charge in [-0.05, 0) is 60.7 Å². The van der Waals surface area contributed by atoms with E-state index in [1.165, 1.54) is 36.5 Å². The highest BCUT2D eigenvalue weighted by molar-refractivity contribution is 7.92. The van der Waals surface area contributed by atoms with Gasteiger partial charge in [-0.1, -0.05) is 0 Å². The Morgan fingerprint density at radius 1 is 0.760 bits per heavy atom. The maximum atomic E-state index is 12.9. The molecule has 0 fully saturated rings. The molecule has 0 radical (unpaired) electrons. The maximum Gasteiger partial charge on any atom is 0.263 e. The van der Waals surface area contributed by atoms with Crippen LogP contribution in [0.15, 0.2) is 71.8 Å². The highest BCUT2D eigenvalue weighted by atomic mass is 32.2. The lowest BCUT2D eigenvalue weighted by Crippen LogP contribution is -2.13. The normalized spacial score (nSPS) is 11.1. The van der Waals surface area contributed by atoms with E-state index in [-0.39, 0.29) is 16.5 Å². The molecule has 2 aromatic carbocycles. The zero-order chi connectivity index (χ0) is 17.9. The van der Waals surface area contributed by atoms with Crippen molar-refractivity contribution in [3.05, 3.63) is 78.5 Å². The van der Waals surface area contributed by atoms with Gasteiger partial charge in [0.25, 0.3) is 10.0 Å². The van der Waals surface area contributed by atoms with Crippen molar-refractivity contribution in [3.8, 4) is 0 Å². The summed E-state index contributed by atoms with van der Waals surface area (Å²) < 4.78 is 52.5. The largest absolute Gasteiger partial charge is 0.354 e. The van der Waals surface area contributed by atoms with E-state index in [0.717, 1.165) is 12.1 Å². The Kier molecular flexibility index (Phi) is 4.62. The summed E-state index contributed by atoms with van der Waals surface area (Å²) in [6.07, 6.45) is 1.44. The number of anilines is 3. The van der Waals surface area contributed by atoms with Crippen LogP contribution in [-0.2, 0) is 10.0 Å². The first kappa shape index (κ1) is 16.8. The molecule has 1 aromatic heterocycles. The van der Waals surface area contributed by atoms with Gasteiger partial charge in [-0.2, -0.15) is 0 Å². The van der Waals surface area contributed by atoms with Crippen LogP contribution in [0.25, 0.3) is 0 Å². The molecule has 0 bridgehead atoms. The second-order valence-electron chi connectivity index (χ2n) is 5.12. The van der Waals surface area contributed by atoms with Crippen LogP contribution in [0, 0.1) is 11.6 Å². The minimum absolute atomic E-state index is 0.0655. The van der Waals surface area contributed by atoms with Crippen LogP contribution in [0.5, 0.6) is 0 Å². The van der Waals surface area contributed by atoms with Gasteiger partial charge in [0, 0.05) is 5.69 Å². The summed E-state index contributed by atoms with van der Waals surface area (Å²) in [5.74, 6) is -0.739. The lowest BCUT2D eigenvalue weighted by Gasteiger charge is -2.09. The first-order chi connectivity index (χ1) is 11.9. The standard InChI is InChI=1S/C17H13F2N3O2S/c18-12-1-5-14(6-2-12)21-15-7-10-17(20-11-15)22-25(23,24)16-8-3-13(19)4-9-16/h1-11,21H,(H,20,22). The van der Waals surface area contributed by atoms with Crippen molar-refractivity contribution in [3.63, 3.8) is 0 Å². The zero-order valence-corrected chi connectivity index (χ0v) is 13.6. The average molecular weight is 361 g/mol. The van der Waals surface area contributed by atoms with Crippen LogP contribution >= 0.6 is 0 Å². The van der Waals surface area contributed by atoms with E-state index in [2.05, 4.69) is 15.0 Å². The maximum absolute atomic E-state index is 12.9. The van der Waals surface area contributed by atoms with Crippen molar-refractivity contribution < 1.29 is 17.2 Å². The fraction of sp³-hybridized carbons (Fsp3) is 0. The van der Waals surface area contributed by atoms with Crippen LogP contribution in [0.1, 0.15) is 0 Å². The Bertz CT molecular complexity index is 958. The van der Waals surface area contributed by atoms with E-state index in [9.17, 15) is 17.2 Å². The number of rotatable bonds is 5. The van der Waals surface area contributed by atoms with Gasteiger partial charge >= 0.3 is 0 Å². The fourth-order valence-corrected chi connectivity index (χ4v) is 3.05. The summed E-state index contributed by atoms with van der Waals surface area (Å²) >= 11 is 0. The monoisotopic (exact) mass is 361 g/mol. The molecule has 0 aliphatic carbocycles. The molecule has 0 aliphatic rings. The van der Waals surface area contributed by atoms with Crippen LogP contribution in [0.4, 0.5) is 26.0 Å². The Morgan fingerprint density at radius 3 is 1.88 bits per heavy atom. The third-order valence-electron chi connectivity index (χ3n) is 3.26. The number of aromatic nitrogens is 1. The Labute approximate surface area is 143 Å². The Balaban J connectivity index is 1.71. The predicted octanol–water partition coefficient (Wildman–Crippen LogP) is 3.90. The summed E-state index contributed by atoms with van der Waals surface area (Å²) in [6.45, 7) is 0. The number of hydrogen-bond acceptors (Lipinski definition) is 4. The van der Waals surface area contributed by atoms with E-state index >= 15 is 0 Å². The van der Waals surface area contributed by atoms with Crippen molar-refractivity contribution in [2.45, 2.75) is 4.90 Å². The van der Waals surface area contributed by atoms with E-state index < -0.39 is 15.8 Å². The third kappa shape index (κ3) is 4.30. The molecule has 0 saturated carbocycles. The number of nitrogens with zero attached hydrogens (tertiary/aromatic N) is 1. The summed E-state index contributed by atoms with van der Waals surface area (Å²) in [5, 5.41) is 3.01. The van der Waals surface area contributed by atoms with Crippen LogP contribution in [0.2, 0.25) is 0 Å².